The fourth-order valence-corrected chi connectivity index (χ4v) is 1.92. The van der Waals surface area contributed by atoms with Crippen LogP contribution in [0.2, 0.25) is 0 Å². The van der Waals surface area contributed by atoms with Gasteiger partial charge in [0.05, 0.1) is 11.5 Å². The van der Waals surface area contributed by atoms with Crippen LogP contribution >= 0.6 is 11.3 Å². The highest BCUT2D eigenvalue weighted by molar-refractivity contribution is 7.18. The van der Waals surface area contributed by atoms with E-state index in [2.05, 4.69) is 22.2 Å². The van der Waals surface area contributed by atoms with Crippen LogP contribution in [0.25, 0.3) is 0 Å². The number of hydrogen-bond donors (Lipinski definition) is 1. The number of nitrogens with zero attached hydrogens (tertiary/aromatic N) is 4. The van der Waals surface area contributed by atoms with Crippen molar-refractivity contribution < 1.29 is 4.92 Å². The maximum atomic E-state index is 10.5. The Labute approximate surface area is 96.0 Å². The lowest BCUT2D eigenvalue weighted by atomic mass is 10.3. The van der Waals surface area contributed by atoms with Gasteiger partial charge in [-0.1, -0.05) is 0 Å². The highest BCUT2D eigenvalue weighted by atomic mass is 32.1. The Bertz CT molecular complexity index is 443. The Kier molecular flexibility index (Phi) is 2.73. The second-order valence-corrected chi connectivity index (χ2v) is 4.52. The molecule has 1 N–H and O–H groups in total. The van der Waals surface area contributed by atoms with E-state index in [4.69, 9.17) is 0 Å². The van der Waals surface area contributed by atoms with E-state index < -0.39 is 4.92 Å². The van der Waals surface area contributed by atoms with Crippen LogP contribution < -0.4 is 5.32 Å². The Morgan fingerprint density at radius 3 is 3.00 bits per heavy atom. The first-order valence-electron chi connectivity index (χ1n) is 4.72. The zero-order valence-corrected chi connectivity index (χ0v) is 9.69. The molecule has 0 saturated heterocycles. The normalized spacial score (nSPS) is 19.8. The molecule has 1 aromatic rings. The fourth-order valence-electron chi connectivity index (χ4n) is 1.29. The number of rotatable bonds is 2. The molecule has 8 heteroatoms. The quantitative estimate of drug-likeness (QED) is 0.620. The first-order chi connectivity index (χ1) is 7.58. The summed E-state index contributed by atoms with van der Waals surface area (Å²) in [5, 5.41) is 14.0. The molecule has 0 aliphatic carbocycles. The van der Waals surface area contributed by atoms with Crippen LogP contribution in [0, 0.1) is 10.1 Å². The van der Waals surface area contributed by atoms with Crippen molar-refractivity contribution in [1.29, 1.82) is 0 Å². The van der Waals surface area contributed by atoms with E-state index >= 15 is 0 Å². The predicted octanol–water partition coefficient (Wildman–Crippen LogP) is 1.15. The third-order valence-electron chi connectivity index (χ3n) is 2.39. The topological polar surface area (TPSA) is 83.7 Å². The lowest BCUT2D eigenvalue weighted by molar-refractivity contribution is -0.380. The van der Waals surface area contributed by atoms with Crippen molar-refractivity contribution in [2.75, 3.05) is 18.9 Å². The third kappa shape index (κ3) is 1.96. The summed E-state index contributed by atoms with van der Waals surface area (Å²) in [6.07, 6.45) is 1.24. The van der Waals surface area contributed by atoms with E-state index in [1.165, 1.54) is 6.20 Å². The minimum atomic E-state index is -0.453. The van der Waals surface area contributed by atoms with Gasteiger partial charge in [-0.2, -0.15) is 0 Å². The second kappa shape index (κ2) is 4.05. The van der Waals surface area contributed by atoms with Gasteiger partial charge < -0.3 is 10.2 Å². The molecule has 16 heavy (non-hydrogen) atoms. The molecule has 86 valence electrons. The predicted molar refractivity (Wildman–Crippen MR) is 61.9 cm³/mol. The summed E-state index contributed by atoms with van der Waals surface area (Å²) < 4.78 is 0. The number of guanidine groups is 1. The summed E-state index contributed by atoms with van der Waals surface area (Å²) in [5.74, 6) is 0.705. The van der Waals surface area contributed by atoms with E-state index in [1.54, 1.807) is 0 Å². The zero-order valence-electron chi connectivity index (χ0n) is 8.88. The number of nitrogens with one attached hydrogen (secondary N) is 1. The molecule has 0 amide bonds. The molecule has 0 aromatic carbocycles. The second-order valence-electron chi connectivity index (χ2n) is 3.51. The van der Waals surface area contributed by atoms with Crippen molar-refractivity contribution in [1.82, 2.24) is 9.88 Å². The summed E-state index contributed by atoms with van der Waals surface area (Å²) in [6, 6.07) is 0.345. The Morgan fingerprint density at radius 1 is 1.75 bits per heavy atom. The van der Waals surface area contributed by atoms with Crippen LogP contribution in [0.15, 0.2) is 11.2 Å². The van der Waals surface area contributed by atoms with E-state index in [1.807, 2.05) is 11.9 Å². The van der Waals surface area contributed by atoms with Gasteiger partial charge >= 0.3 is 5.00 Å². The summed E-state index contributed by atoms with van der Waals surface area (Å²) >= 11 is 1.00. The Balaban J connectivity index is 2.07. The van der Waals surface area contributed by atoms with Gasteiger partial charge in [0.1, 0.15) is 6.20 Å². The van der Waals surface area contributed by atoms with Crippen molar-refractivity contribution in [3.05, 3.63) is 16.3 Å². The minimum absolute atomic E-state index is 0.0248. The number of aromatic nitrogens is 1. The number of nitro groups is 1. The summed E-state index contributed by atoms with van der Waals surface area (Å²) in [5.41, 5.74) is 0. The smallest absolute Gasteiger partial charge is 0.341 e. The molecular weight excluding hydrogens is 230 g/mol. The largest absolute Gasteiger partial charge is 0.345 e. The Hall–Kier alpha value is -1.70. The minimum Gasteiger partial charge on any atom is -0.341 e. The molecule has 1 aliphatic heterocycles. The monoisotopic (exact) mass is 241 g/mol. The molecule has 0 fully saturated rings. The van der Waals surface area contributed by atoms with Gasteiger partial charge in [-0.25, -0.2) is 4.98 Å². The number of hydrogen-bond acceptors (Lipinski definition) is 7. The van der Waals surface area contributed by atoms with Gasteiger partial charge in [0.15, 0.2) is 11.1 Å². The van der Waals surface area contributed by atoms with Gasteiger partial charge in [0.2, 0.25) is 0 Å². The molecular formula is C8H11N5O2S. The number of aliphatic imine (C=N–C) groups is 1. The van der Waals surface area contributed by atoms with Crippen LogP contribution in [0.3, 0.4) is 0 Å². The zero-order chi connectivity index (χ0) is 11.7. The van der Waals surface area contributed by atoms with Gasteiger partial charge in [-0.3, -0.25) is 15.1 Å². The van der Waals surface area contributed by atoms with E-state index in [9.17, 15) is 10.1 Å². The van der Waals surface area contributed by atoms with Crippen LogP contribution in [0.5, 0.6) is 0 Å². The maximum absolute atomic E-state index is 10.5. The van der Waals surface area contributed by atoms with Gasteiger partial charge in [-0.15, -0.1) is 0 Å². The SMILES string of the molecule is CC1CN=C(Nc2ncc([N+](=O)[O-])s2)N1C. The van der Waals surface area contributed by atoms with E-state index in [0.717, 1.165) is 17.9 Å². The number of likely N-dealkylation sites (N-methyl/N-ethyl adjacent to an activating group) is 1. The molecule has 1 atom stereocenters. The fraction of sp³-hybridized carbons (Fsp3) is 0.500. The van der Waals surface area contributed by atoms with Gasteiger partial charge in [0, 0.05) is 13.1 Å². The summed E-state index contributed by atoms with van der Waals surface area (Å²) in [6.45, 7) is 2.79. The first-order valence-corrected chi connectivity index (χ1v) is 5.54. The molecule has 2 heterocycles. The van der Waals surface area contributed by atoms with Crippen LogP contribution in [-0.2, 0) is 0 Å². The highest BCUT2D eigenvalue weighted by Gasteiger charge is 2.21. The lowest BCUT2D eigenvalue weighted by Gasteiger charge is -2.19. The van der Waals surface area contributed by atoms with Crippen molar-refractivity contribution in [3.8, 4) is 0 Å². The third-order valence-corrected chi connectivity index (χ3v) is 3.26. The standard InChI is InChI=1S/C8H11N5O2S/c1-5-3-9-7(12(5)2)11-8-10-4-6(16-8)13(14)15/h4-5H,3H2,1-2H3,(H,9,10,11). The van der Waals surface area contributed by atoms with Crippen molar-refractivity contribution in [2.24, 2.45) is 4.99 Å². The molecule has 0 spiro atoms. The molecule has 0 radical (unpaired) electrons. The number of anilines is 1. The number of thiazole rings is 1. The molecule has 1 aliphatic rings. The molecule has 0 saturated carbocycles. The van der Waals surface area contributed by atoms with E-state index in [0.29, 0.717) is 17.1 Å². The van der Waals surface area contributed by atoms with Crippen LogP contribution in [0.1, 0.15) is 6.92 Å². The van der Waals surface area contributed by atoms with Gasteiger partial charge in [0.25, 0.3) is 0 Å². The van der Waals surface area contributed by atoms with Crippen molar-refractivity contribution in [2.45, 2.75) is 13.0 Å². The molecule has 2 rings (SSSR count). The van der Waals surface area contributed by atoms with Crippen LogP contribution in [-0.4, -0.2) is 40.4 Å². The molecule has 1 unspecified atom stereocenters. The highest BCUT2D eigenvalue weighted by Crippen LogP contribution is 2.25. The summed E-state index contributed by atoms with van der Waals surface area (Å²) in [4.78, 5) is 20.2. The lowest BCUT2D eigenvalue weighted by Crippen LogP contribution is -2.34. The first kappa shape index (κ1) is 10.8. The van der Waals surface area contributed by atoms with E-state index in [-0.39, 0.29) is 5.00 Å². The average molecular weight is 241 g/mol. The van der Waals surface area contributed by atoms with Crippen molar-refractivity contribution >= 4 is 27.4 Å². The average Bonchev–Trinajstić information content (AvgIpc) is 2.81. The maximum Gasteiger partial charge on any atom is 0.345 e. The van der Waals surface area contributed by atoms with Crippen molar-refractivity contribution in [3.63, 3.8) is 0 Å². The van der Waals surface area contributed by atoms with Gasteiger partial charge in [-0.05, 0) is 18.3 Å². The van der Waals surface area contributed by atoms with Crippen LogP contribution in [0.4, 0.5) is 10.1 Å². The summed E-state index contributed by atoms with van der Waals surface area (Å²) in [7, 11) is 1.92. The Morgan fingerprint density at radius 2 is 2.50 bits per heavy atom. The molecule has 1 aromatic heterocycles. The molecule has 0 bridgehead atoms. The molecule has 7 nitrogen and oxygen atoms in total.